The van der Waals surface area contributed by atoms with Crippen LogP contribution in [-0.4, -0.2) is 38.0 Å². The Bertz CT molecular complexity index is 560. The number of nitrogens with zero attached hydrogens (tertiary/aromatic N) is 3. The second kappa shape index (κ2) is 6.38. The third-order valence-electron chi connectivity index (χ3n) is 3.12. The summed E-state index contributed by atoms with van der Waals surface area (Å²) >= 11 is 0. The van der Waals surface area contributed by atoms with Gasteiger partial charge in [-0.15, -0.1) is 0 Å². The van der Waals surface area contributed by atoms with Gasteiger partial charge in [-0.3, -0.25) is 9.48 Å². The molecule has 0 aliphatic heterocycles. The molecule has 0 spiro atoms. The molecule has 0 saturated heterocycles. The van der Waals surface area contributed by atoms with Crippen LogP contribution >= 0.6 is 0 Å². The number of aromatic nitrogens is 3. The van der Waals surface area contributed by atoms with Gasteiger partial charge in [0.2, 0.25) is 0 Å². The highest BCUT2D eigenvalue weighted by Crippen LogP contribution is 2.13. The van der Waals surface area contributed by atoms with Crippen LogP contribution in [0.5, 0.6) is 0 Å². The first kappa shape index (κ1) is 14.3. The fraction of sp³-hybridized carbons (Fsp3) is 0.429. The Hall–Kier alpha value is -2.08. The highest BCUT2D eigenvalue weighted by atomic mass is 16.3. The second-order valence-corrected chi connectivity index (χ2v) is 4.75. The lowest BCUT2D eigenvalue weighted by Crippen LogP contribution is -2.32. The molecular formula is C14H20N4O2. The molecule has 0 aliphatic rings. The molecule has 1 atom stereocenters. The van der Waals surface area contributed by atoms with Crippen LogP contribution in [0.3, 0.4) is 0 Å². The molecule has 108 valence electrons. The SMILES string of the molecule is CCCC(O)CNC(=O)c1cnn(C)c1-n1cccc1. The number of nitrogens with one attached hydrogen (secondary N) is 1. The molecule has 20 heavy (non-hydrogen) atoms. The van der Waals surface area contributed by atoms with Gasteiger partial charge in [-0.1, -0.05) is 13.3 Å². The van der Waals surface area contributed by atoms with Gasteiger partial charge < -0.3 is 15.0 Å². The Morgan fingerprint density at radius 3 is 2.80 bits per heavy atom. The second-order valence-electron chi connectivity index (χ2n) is 4.75. The Morgan fingerprint density at radius 2 is 2.15 bits per heavy atom. The van der Waals surface area contributed by atoms with Crippen molar-refractivity contribution in [2.45, 2.75) is 25.9 Å². The molecule has 0 saturated carbocycles. The van der Waals surface area contributed by atoms with Crippen LogP contribution in [0.2, 0.25) is 0 Å². The van der Waals surface area contributed by atoms with E-state index in [1.54, 1.807) is 11.7 Å². The zero-order valence-electron chi connectivity index (χ0n) is 11.8. The molecule has 6 heteroatoms. The van der Waals surface area contributed by atoms with Crippen molar-refractivity contribution >= 4 is 5.91 Å². The number of hydrogen-bond donors (Lipinski definition) is 2. The summed E-state index contributed by atoms with van der Waals surface area (Å²) < 4.78 is 3.49. The topological polar surface area (TPSA) is 72.1 Å². The van der Waals surface area contributed by atoms with E-state index in [0.29, 0.717) is 17.8 Å². The Labute approximate surface area is 118 Å². The van der Waals surface area contributed by atoms with Crippen molar-refractivity contribution in [3.63, 3.8) is 0 Å². The average Bonchev–Trinajstić information content (AvgIpc) is 3.05. The summed E-state index contributed by atoms with van der Waals surface area (Å²) in [5.74, 6) is 0.481. The summed E-state index contributed by atoms with van der Waals surface area (Å²) in [6, 6.07) is 3.78. The molecule has 0 radical (unpaired) electrons. The van der Waals surface area contributed by atoms with Crippen LogP contribution < -0.4 is 5.32 Å². The van der Waals surface area contributed by atoms with Crippen LogP contribution in [0.4, 0.5) is 0 Å². The fourth-order valence-electron chi connectivity index (χ4n) is 2.11. The van der Waals surface area contributed by atoms with Crippen molar-refractivity contribution in [1.82, 2.24) is 19.7 Å². The number of rotatable bonds is 6. The van der Waals surface area contributed by atoms with Crippen LogP contribution in [0.1, 0.15) is 30.1 Å². The molecule has 0 fully saturated rings. The predicted octanol–water partition coefficient (Wildman–Crippen LogP) is 1.10. The van der Waals surface area contributed by atoms with Crippen LogP contribution in [0.15, 0.2) is 30.7 Å². The van der Waals surface area contributed by atoms with E-state index < -0.39 is 6.10 Å². The summed E-state index contributed by atoms with van der Waals surface area (Å²) in [6.45, 7) is 2.25. The van der Waals surface area contributed by atoms with E-state index in [0.717, 1.165) is 6.42 Å². The van der Waals surface area contributed by atoms with Gasteiger partial charge in [0.1, 0.15) is 11.4 Å². The van der Waals surface area contributed by atoms with E-state index in [2.05, 4.69) is 10.4 Å². The van der Waals surface area contributed by atoms with Gasteiger partial charge in [0.15, 0.2) is 0 Å². The van der Waals surface area contributed by atoms with Gasteiger partial charge in [0, 0.05) is 26.0 Å². The zero-order valence-corrected chi connectivity index (χ0v) is 11.8. The van der Waals surface area contributed by atoms with Crippen molar-refractivity contribution < 1.29 is 9.90 Å². The van der Waals surface area contributed by atoms with Gasteiger partial charge in [-0.25, -0.2) is 0 Å². The minimum Gasteiger partial charge on any atom is -0.391 e. The number of carbonyl (C=O) groups is 1. The van der Waals surface area contributed by atoms with E-state index in [1.807, 2.05) is 36.0 Å². The largest absolute Gasteiger partial charge is 0.391 e. The Morgan fingerprint density at radius 1 is 1.45 bits per heavy atom. The van der Waals surface area contributed by atoms with Crippen molar-refractivity contribution in [3.05, 3.63) is 36.3 Å². The number of carbonyl (C=O) groups excluding carboxylic acids is 1. The lowest BCUT2D eigenvalue weighted by molar-refractivity contribution is 0.0910. The molecule has 0 bridgehead atoms. The number of hydrogen-bond acceptors (Lipinski definition) is 3. The molecule has 6 nitrogen and oxygen atoms in total. The molecule has 2 heterocycles. The predicted molar refractivity (Wildman–Crippen MR) is 75.8 cm³/mol. The van der Waals surface area contributed by atoms with Crippen molar-refractivity contribution in [2.24, 2.45) is 7.05 Å². The van der Waals surface area contributed by atoms with Crippen molar-refractivity contribution in [1.29, 1.82) is 0 Å². The van der Waals surface area contributed by atoms with Gasteiger partial charge in [-0.2, -0.15) is 5.10 Å². The number of aliphatic hydroxyl groups excluding tert-OH is 1. The minimum absolute atomic E-state index is 0.225. The fourth-order valence-corrected chi connectivity index (χ4v) is 2.11. The normalized spacial score (nSPS) is 12.3. The first-order valence-corrected chi connectivity index (χ1v) is 6.75. The molecule has 2 rings (SSSR count). The molecular weight excluding hydrogens is 256 g/mol. The Kier molecular flexibility index (Phi) is 4.57. The van der Waals surface area contributed by atoms with Gasteiger partial charge in [0.05, 0.1) is 12.3 Å². The van der Waals surface area contributed by atoms with Crippen LogP contribution in [0, 0.1) is 0 Å². The van der Waals surface area contributed by atoms with Gasteiger partial charge >= 0.3 is 0 Å². The highest BCUT2D eigenvalue weighted by molar-refractivity contribution is 5.97. The number of aliphatic hydroxyl groups is 1. The van der Waals surface area contributed by atoms with Crippen molar-refractivity contribution in [3.8, 4) is 5.82 Å². The summed E-state index contributed by atoms with van der Waals surface area (Å²) in [7, 11) is 1.79. The number of aryl methyl sites for hydroxylation is 1. The minimum atomic E-state index is -0.504. The summed E-state index contributed by atoms with van der Waals surface area (Å²) in [5, 5.41) is 16.5. The maximum Gasteiger partial charge on any atom is 0.256 e. The van der Waals surface area contributed by atoms with E-state index in [1.165, 1.54) is 6.20 Å². The maximum atomic E-state index is 12.2. The van der Waals surface area contributed by atoms with Gasteiger partial charge in [0.25, 0.3) is 5.91 Å². The summed E-state index contributed by atoms with van der Waals surface area (Å²) in [5.41, 5.74) is 0.493. The monoisotopic (exact) mass is 276 g/mol. The standard InChI is InChI=1S/C14H20N4O2/c1-3-6-11(19)9-15-13(20)12-10-16-17(2)14(12)18-7-4-5-8-18/h4-5,7-8,10-11,19H,3,6,9H2,1-2H3,(H,15,20). The highest BCUT2D eigenvalue weighted by Gasteiger charge is 2.17. The zero-order chi connectivity index (χ0) is 14.5. The molecule has 0 aromatic carbocycles. The smallest absolute Gasteiger partial charge is 0.256 e. The third-order valence-corrected chi connectivity index (χ3v) is 3.12. The molecule has 0 aliphatic carbocycles. The quantitative estimate of drug-likeness (QED) is 0.830. The third kappa shape index (κ3) is 3.08. The van der Waals surface area contributed by atoms with E-state index in [9.17, 15) is 9.90 Å². The van der Waals surface area contributed by atoms with Crippen LogP contribution in [-0.2, 0) is 7.05 Å². The molecule has 2 N–H and O–H groups in total. The first-order chi connectivity index (χ1) is 9.63. The number of amides is 1. The first-order valence-electron chi connectivity index (χ1n) is 6.75. The molecule has 2 aromatic rings. The lowest BCUT2D eigenvalue weighted by Gasteiger charge is -2.11. The summed E-state index contributed by atoms with van der Waals surface area (Å²) in [4.78, 5) is 12.2. The van der Waals surface area contributed by atoms with E-state index in [4.69, 9.17) is 0 Å². The maximum absolute atomic E-state index is 12.2. The Balaban J connectivity index is 2.11. The lowest BCUT2D eigenvalue weighted by atomic mass is 10.2. The van der Waals surface area contributed by atoms with E-state index >= 15 is 0 Å². The van der Waals surface area contributed by atoms with Crippen LogP contribution in [0.25, 0.3) is 5.82 Å². The van der Waals surface area contributed by atoms with Gasteiger partial charge in [-0.05, 0) is 18.6 Å². The molecule has 1 amide bonds. The summed E-state index contributed by atoms with van der Waals surface area (Å²) in [6.07, 6.45) is 6.32. The average molecular weight is 276 g/mol. The van der Waals surface area contributed by atoms with E-state index in [-0.39, 0.29) is 12.5 Å². The molecule has 1 unspecified atom stereocenters. The van der Waals surface area contributed by atoms with Crippen molar-refractivity contribution in [2.75, 3.05) is 6.54 Å². The molecule has 2 aromatic heterocycles.